The summed E-state index contributed by atoms with van der Waals surface area (Å²) in [5.74, 6) is 1.06. The molecule has 0 spiro atoms. The first-order valence-corrected chi connectivity index (χ1v) is 7.63. The lowest BCUT2D eigenvalue weighted by Gasteiger charge is -2.23. The highest BCUT2D eigenvalue weighted by atomic mass is 15.3. The highest BCUT2D eigenvalue weighted by Gasteiger charge is 2.22. The largest absolute Gasteiger partial charge is 0.368 e. The second-order valence-corrected chi connectivity index (χ2v) is 5.39. The lowest BCUT2D eigenvalue weighted by Crippen LogP contribution is -2.35. The Bertz CT molecular complexity index is 577. The predicted molar refractivity (Wildman–Crippen MR) is 81.1 cm³/mol. The molecule has 0 unspecified atom stereocenters. The molecular formula is C15H23N5. The van der Waals surface area contributed by atoms with Gasteiger partial charge in [0.25, 0.3) is 0 Å². The summed E-state index contributed by atoms with van der Waals surface area (Å²) in [5.41, 5.74) is 2.03. The van der Waals surface area contributed by atoms with E-state index in [1.54, 1.807) is 6.20 Å². The normalized spacial score (nSPS) is 19.8. The Labute approximate surface area is 120 Å². The van der Waals surface area contributed by atoms with Gasteiger partial charge in [0.2, 0.25) is 0 Å². The number of aromatic nitrogens is 3. The fourth-order valence-corrected chi connectivity index (χ4v) is 3.04. The third kappa shape index (κ3) is 2.50. The SMILES string of the molecule is CCc1cc(NC[C@H]2CCCN2CC)n2nccc2n1. The first-order valence-electron chi connectivity index (χ1n) is 7.63. The van der Waals surface area contributed by atoms with Crippen molar-refractivity contribution in [1.82, 2.24) is 19.5 Å². The smallest absolute Gasteiger partial charge is 0.157 e. The minimum Gasteiger partial charge on any atom is -0.368 e. The summed E-state index contributed by atoms with van der Waals surface area (Å²) in [5, 5.41) is 7.93. The van der Waals surface area contributed by atoms with Gasteiger partial charge in [-0.1, -0.05) is 13.8 Å². The molecule has 1 aliphatic rings. The van der Waals surface area contributed by atoms with Gasteiger partial charge in [0.1, 0.15) is 5.82 Å². The van der Waals surface area contributed by atoms with E-state index in [1.807, 2.05) is 10.6 Å². The quantitative estimate of drug-likeness (QED) is 0.907. The summed E-state index contributed by atoms with van der Waals surface area (Å²) < 4.78 is 1.89. The Morgan fingerprint density at radius 2 is 2.30 bits per heavy atom. The number of aryl methyl sites for hydroxylation is 1. The van der Waals surface area contributed by atoms with Crippen LogP contribution in [0.1, 0.15) is 32.4 Å². The molecule has 2 aromatic rings. The van der Waals surface area contributed by atoms with Gasteiger partial charge >= 0.3 is 0 Å². The third-order valence-corrected chi connectivity index (χ3v) is 4.20. The molecule has 0 aromatic carbocycles. The highest BCUT2D eigenvalue weighted by molar-refractivity contribution is 5.49. The van der Waals surface area contributed by atoms with Crippen molar-refractivity contribution in [3.05, 3.63) is 24.0 Å². The number of fused-ring (bicyclic) bond motifs is 1. The van der Waals surface area contributed by atoms with Crippen molar-refractivity contribution in [1.29, 1.82) is 0 Å². The Balaban J connectivity index is 1.78. The molecule has 0 saturated carbocycles. The zero-order valence-corrected chi connectivity index (χ0v) is 12.3. The van der Waals surface area contributed by atoms with Crippen LogP contribution in [-0.2, 0) is 6.42 Å². The van der Waals surface area contributed by atoms with Crippen LogP contribution in [0.25, 0.3) is 5.65 Å². The molecule has 0 radical (unpaired) electrons. The zero-order chi connectivity index (χ0) is 13.9. The zero-order valence-electron chi connectivity index (χ0n) is 12.3. The van der Waals surface area contributed by atoms with Crippen molar-refractivity contribution in [2.75, 3.05) is 25.0 Å². The molecular weight excluding hydrogens is 250 g/mol. The number of hydrogen-bond donors (Lipinski definition) is 1. The number of rotatable bonds is 5. The molecule has 0 amide bonds. The molecule has 2 aromatic heterocycles. The maximum Gasteiger partial charge on any atom is 0.157 e. The van der Waals surface area contributed by atoms with E-state index in [1.165, 1.54) is 19.4 Å². The second kappa shape index (κ2) is 5.79. The van der Waals surface area contributed by atoms with Crippen LogP contribution in [-0.4, -0.2) is 45.2 Å². The van der Waals surface area contributed by atoms with Gasteiger partial charge < -0.3 is 5.32 Å². The molecule has 1 saturated heterocycles. The van der Waals surface area contributed by atoms with E-state index in [9.17, 15) is 0 Å². The molecule has 0 bridgehead atoms. The van der Waals surface area contributed by atoms with Gasteiger partial charge in [0.05, 0.1) is 6.20 Å². The van der Waals surface area contributed by atoms with Crippen molar-refractivity contribution in [3.63, 3.8) is 0 Å². The molecule has 3 heterocycles. The summed E-state index contributed by atoms with van der Waals surface area (Å²) in [6.07, 6.45) is 5.35. The van der Waals surface area contributed by atoms with Crippen molar-refractivity contribution in [3.8, 4) is 0 Å². The van der Waals surface area contributed by atoms with Crippen LogP contribution in [0.4, 0.5) is 5.82 Å². The van der Waals surface area contributed by atoms with Gasteiger partial charge in [0, 0.05) is 30.4 Å². The van der Waals surface area contributed by atoms with Crippen molar-refractivity contribution in [2.24, 2.45) is 0 Å². The first kappa shape index (κ1) is 13.4. The van der Waals surface area contributed by atoms with E-state index in [4.69, 9.17) is 0 Å². The highest BCUT2D eigenvalue weighted by Crippen LogP contribution is 2.18. The minimum atomic E-state index is 0.642. The molecule has 1 atom stereocenters. The fourth-order valence-electron chi connectivity index (χ4n) is 3.04. The Kier molecular flexibility index (Phi) is 3.87. The molecule has 5 heteroatoms. The number of likely N-dealkylation sites (tertiary alicyclic amines) is 1. The number of anilines is 1. The van der Waals surface area contributed by atoms with E-state index < -0.39 is 0 Å². The van der Waals surface area contributed by atoms with E-state index in [0.29, 0.717) is 6.04 Å². The number of nitrogens with zero attached hydrogens (tertiary/aromatic N) is 4. The van der Waals surface area contributed by atoms with Gasteiger partial charge in [-0.25, -0.2) is 4.98 Å². The van der Waals surface area contributed by atoms with Crippen LogP contribution in [0.15, 0.2) is 18.3 Å². The fraction of sp³-hybridized carbons (Fsp3) is 0.600. The monoisotopic (exact) mass is 273 g/mol. The van der Waals surface area contributed by atoms with Crippen molar-refractivity contribution < 1.29 is 0 Å². The predicted octanol–water partition coefficient (Wildman–Crippen LogP) is 2.19. The Morgan fingerprint density at radius 3 is 3.10 bits per heavy atom. The second-order valence-electron chi connectivity index (χ2n) is 5.39. The van der Waals surface area contributed by atoms with Gasteiger partial charge in [-0.2, -0.15) is 9.61 Å². The van der Waals surface area contributed by atoms with Crippen LogP contribution in [0.3, 0.4) is 0 Å². The van der Waals surface area contributed by atoms with Crippen LogP contribution in [0.2, 0.25) is 0 Å². The number of likely N-dealkylation sites (N-methyl/N-ethyl adjacent to an activating group) is 1. The van der Waals surface area contributed by atoms with Crippen LogP contribution < -0.4 is 5.32 Å². The maximum absolute atomic E-state index is 4.58. The van der Waals surface area contributed by atoms with E-state index in [0.717, 1.165) is 36.7 Å². The molecule has 1 fully saturated rings. The molecule has 108 valence electrons. The summed E-state index contributed by atoms with van der Waals surface area (Å²) in [4.78, 5) is 7.13. The van der Waals surface area contributed by atoms with Crippen molar-refractivity contribution in [2.45, 2.75) is 39.2 Å². The van der Waals surface area contributed by atoms with E-state index in [-0.39, 0.29) is 0 Å². The molecule has 20 heavy (non-hydrogen) atoms. The summed E-state index contributed by atoms with van der Waals surface area (Å²) in [7, 11) is 0. The van der Waals surface area contributed by atoms with Crippen LogP contribution in [0.5, 0.6) is 0 Å². The van der Waals surface area contributed by atoms with Gasteiger partial charge in [-0.15, -0.1) is 0 Å². The minimum absolute atomic E-state index is 0.642. The lowest BCUT2D eigenvalue weighted by molar-refractivity contribution is 0.277. The molecule has 3 rings (SSSR count). The Morgan fingerprint density at radius 1 is 1.40 bits per heavy atom. The number of nitrogens with one attached hydrogen (secondary N) is 1. The molecule has 0 aliphatic carbocycles. The van der Waals surface area contributed by atoms with E-state index in [2.05, 4.69) is 40.2 Å². The standard InChI is InChI=1S/C15H23N5/c1-3-12-10-15(20-14(18-12)7-8-17-20)16-11-13-6-5-9-19(13)4-2/h7-8,10,13,16H,3-6,9,11H2,1-2H3/t13-/m1/s1. The molecule has 5 nitrogen and oxygen atoms in total. The van der Waals surface area contributed by atoms with E-state index >= 15 is 0 Å². The maximum atomic E-state index is 4.58. The summed E-state index contributed by atoms with van der Waals surface area (Å²) >= 11 is 0. The summed E-state index contributed by atoms with van der Waals surface area (Å²) in [6.45, 7) is 7.73. The van der Waals surface area contributed by atoms with Crippen molar-refractivity contribution >= 4 is 11.5 Å². The van der Waals surface area contributed by atoms with Gasteiger partial charge in [-0.3, -0.25) is 4.90 Å². The average molecular weight is 273 g/mol. The summed E-state index contributed by atoms with van der Waals surface area (Å²) in [6, 6.07) is 4.72. The topological polar surface area (TPSA) is 45.5 Å². The van der Waals surface area contributed by atoms with Crippen LogP contribution >= 0.6 is 0 Å². The molecule has 1 aliphatic heterocycles. The van der Waals surface area contributed by atoms with Crippen LogP contribution in [0, 0.1) is 0 Å². The average Bonchev–Trinajstić information content (AvgIpc) is 3.12. The lowest BCUT2D eigenvalue weighted by atomic mass is 10.2. The Hall–Kier alpha value is -1.62. The first-order chi connectivity index (χ1) is 9.81. The molecule has 1 N–H and O–H groups in total. The third-order valence-electron chi connectivity index (χ3n) is 4.20. The number of hydrogen-bond acceptors (Lipinski definition) is 4. The van der Waals surface area contributed by atoms with Gasteiger partial charge in [-0.05, 0) is 32.4 Å². The van der Waals surface area contributed by atoms with Gasteiger partial charge in [0.15, 0.2) is 5.65 Å².